The van der Waals surface area contributed by atoms with Crippen LogP contribution in [0.15, 0.2) is 23.1 Å². The molecule has 0 saturated carbocycles. The van der Waals surface area contributed by atoms with Crippen molar-refractivity contribution >= 4 is 71.7 Å². The van der Waals surface area contributed by atoms with Crippen molar-refractivity contribution in [3.05, 3.63) is 26.6 Å². The lowest BCUT2D eigenvalue weighted by Gasteiger charge is -2.00. The van der Waals surface area contributed by atoms with Crippen LogP contribution < -0.4 is 0 Å². The molecule has 0 nitrogen and oxygen atoms in total. The lowest BCUT2D eigenvalue weighted by atomic mass is 10.2. The van der Waals surface area contributed by atoms with Crippen LogP contribution >= 0.6 is 61.6 Å². The summed E-state index contributed by atoms with van der Waals surface area (Å²) in [5.41, 5.74) is 0. The van der Waals surface area contributed by atoms with Crippen LogP contribution in [0.3, 0.4) is 0 Å². The molecule has 14 heavy (non-hydrogen) atoms. The van der Waals surface area contributed by atoms with Crippen molar-refractivity contribution in [3.8, 4) is 0 Å². The van der Waals surface area contributed by atoms with Gasteiger partial charge in [0.15, 0.2) is 0 Å². The van der Waals surface area contributed by atoms with E-state index in [4.69, 9.17) is 0 Å². The average Bonchev–Trinajstić information content (AvgIpc) is 2.62. The summed E-state index contributed by atoms with van der Waals surface area (Å²) in [5.74, 6) is 0. The minimum absolute atomic E-state index is 0.955. The molecule has 0 aliphatic carbocycles. The Morgan fingerprint density at radius 2 is 2.29 bits per heavy atom. The minimum Gasteiger partial charge on any atom is -0.139 e. The number of alkyl halides is 1. The van der Waals surface area contributed by atoms with Gasteiger partial charge in [0.2, 0.25) is 0 Å². The molecule has 0 unspecified atom stereocenters. The molecule has 0 radical (unpaired) electrons. The maximum absolute atomic E-state index is 3.50. The van der Waals surface area contributed by atoms with Gasteiger partial charge in [-0.05, 0) is 47.0 Å². The number of thioether (sulfide) groups is 1. The number of rotatable bonds is 2. The first kappa shape index (κ1) is 11.2. The van der Waals surface area contributed by atoms with Crippen molar-refractivity contribution in [2.45, 2.75) is 10.2 Å². The van der Waals surface area contributed by atoms with Gasteiger partial charge in [-0.25, -0.2) is 0 Å². The third-order valence-electron chi connectivity index (χ3n) is 2.00. The van der Waals surface area contributed by atoms with Gasteiger partial charge in [0.1, 0.15) is 0 Å². The van der Waals surface area contributed by atoms with Crippen LogP contribution in [-0.2, 0) is 5.33 Å². The van der Waals surface area contributed by atoms with Crippen molar-refractivity contribution in [3.63, 3.8) is 0 Å². The molecule has 0 spiro atoms. The highest BCUT2D eigenvalue weighted by Crippen LogP contribution is 2.35. The van der Waals surface area contributed by atoms with E-state index >= 15 is 0 Å². The summed E-state index contributed by atoms with van der Waals surface area (Å²) in [7, 11) is 0. The van der Waals surface area contributed by atoms with Crippen molar-refractivity contribution in [1.82, 2.24) is 0 Å². The second kappa shape index (κ2) is 4.72. The molecule has 4 heteroatoms. The maximum Gasteiger partial charge on any atom is 0.0377 e. The van der Waals surface area contributed by atoms with E-state index in [2.05, 4.69) is 63.0 Å². The number of benzene rings is 1. The fraction of sp³-hybridized carbons (Fsp3) is 0.200. The zero-order valence-electron chi connectivity index (χ0n) is 7.51. The van der Waals surface area contributed by atoms with Gasteiger partial charge >= 0.3 is 0 Å². The molecule has 2 aromatic rings. The summed E-state index contributed by atoms with van der Waals surface area (Å²) in [4.78, 5) is 2.77. The molecule has 2 rings (SSSR count). The molecule has 0 bridgehead atoms. The summed E-state index contributed by atoms with van der Waals surface area (Å²) < 4.78 is 2.78. The van der Waals surface area contributed by atoms with Crippen LogP contribution in [0.4, 0.5) is 0 Å². The molecule has 0 N–H and O–H groups in total. The van der Waals surface area contributed by atoms with E-state index in [9.17, 15) is 0 Å². The second-order valence-electron chi connectivity index (χ2n) is 2.84. The molecule has 1 aromatic heterocycles. The van der Waals surface area contributed by atoms with Gasteiger partial charge < -0.3 is 0 Å². The van der Waals surface area contributed by atoms with Gasteiger partial charge in [-0.15, -0.1) is 23.1 Å². The van der Waals surface area contributed by atoms with E-state index in [0.29, 0.717) is 0 Å². The van der Waals surface area contributed by atoms with Crippen LogP contribution in [0.25, 0.3) is 10.1 Å². The summed E-state index contributed by atoms with van der Waals surface area (Å²) >= 11 is 9.62. The molecule has 1 heterocycles. The zero-order valence-corrected chi connectivity index (χ0v) is 12.9. The summed E-state index contributed by atoms with van der Waals surface area (Å²) in [6.07, 6.45) is 2.13. The number of thiophene rings is 1. The Kier molecular flexibility index (Phi) is 3.79. The Balaban J connectivity index is 2.68. The van der Waals surface area contributed by atoms with E-state index in [0.717, 1.165) is 5.33 Å². The van der Waals surface area contributed by atoms with Gasteiger partial charge in [-0.1, -0.05) is 15.9 Å². The zero-order chi connectivity index (χ0) is 10.1. The van der Waals surface area contributed by atoms with Gasteiger partial charge in [0.05, 0.1) is 0 Å². The molecule has 0 saturated heterocycles. The fourth-order valence-corrected chi connectivity index (χ4v) is 4.72. The highest BCUT2D eigenvalue weighted by Gasteiger charge is 2.07. The Hall–Kier alpha value is 0.740. The predicted octanol–water partition coefficient (Wildman–Crippen LogP) is 5.12. The molecular weight excluding hydrogens is 391 g/mol. The van der Waals surface area contributed by atoms with Crippen LogP contribution in [-0.4, -0.2) is 6.26 Å². The summed E-state index contributed by atoms with van der Waals surface area (Å²) in [6, 6.07) is 6.72. The third kappa shape index (κ3) is 1.99. The van der Waals surface area contributed by atoms with Crippen LogP contribution in [0, 0.1) is 3.57 Å². The monoisotopic (exact) mass is 398 g/mol. The van der Waals surface area contributed by atoms with Crippen LogP contribution in [0.2, 0.25) is 0 Å². The Bertz CT molecular complexity index is 464. The van der Waals surface area contributed by atoms with Crippen molar-refractivity contribution in [2.24, 2.45) is 0 Å². The minimum atomic E-state index is 0.955. The summed E-state index contributed by atoms with van der Waals surface area (Å²) in [6.45, 7) is 0. The van der Waals surface area contributed by atoms with Gasteiger partial charge in [0, 0.05) is 28.8 Å². The van der Waals surface area contributed by atoms with E-state index < -0.39 is 0 Å². The third-order valence-corrected chi connectivity index (χ3v) is 6.39. The molecule has 0 aliphatic heterocycles. The lowest BCUT2D eigenvalue weighted by Crippen LogP contribution is -1.77. The predicted molar refractivity (Wildman–Crippen MR) is 79.0 cm³/mol. The smallest absolute Gasteiger partial charge is 0.0377 e. The molecule has 0 amide bonds. The topological polar surface area (TPSA) is 0 Å². The molecule has 1 aromatic carbocycles. The highest BCUT2D eigenvalue weighted by molar-refractivity contribution is 14.1. The first-order valence-corrected chi connectivity index (χ1v) is 8.31. The highest BCUT2D eigenvalue weighted by atomic mass is 127. The lowest BCUT2D eigenvalue weighted by molar-refractivity contribution is 1.46. The van der Waals surface area contributed by atoms with Crippen molar-refractivity contribution in [1.29, 1.82) is 0 Å². The molecule has 74 valence electrons. The van der Waals surface area contributed by atoms with E-state index in [1.54, 1.807) is 0 Å². The van der Waals surface area contributed by atoms with Crippen LogP contribution in [0.1, 0.15) is 4.88 Å². The van der Waals surface area contributed by atoms with E-state index in [1.165, 1.54) is 23.4 Å². The molecule has 0 atom stereocenters. The van der Waals surface area contributed by atoms with Crippen molar-refractivity contribution in [2.75, 3.05) is 6.26 Å². The number of fused-ring (bicyclic) bond motifs is 1. The van der Waals surface area contributed by atoms with Crippen LogP contribution in [0.5, 0.6) is 0 Å². The maximum atomic E-state index is 3.50. The quantitative estimate of drug-likeness (QED) is 0.384. The van der Waals surface area contributed by atoms with Gasteiger partial charge in [-0.2, -0.15) is 0 Å². The standard InChI is InChI=1S/C10H8BrIS2/c1-13-9-3-2-8-7(10(9)12)4-6(5-11)14-8/h2-4H,5H2,1H3. The molecule has 0 aliphatic rings. The molecular formula is C10H8BrIS2. The number of hydrogen-bond donors (Lipinski definition) is 0. The number of hydrogen-bond acceptors (Lipinski definition) is 2. The largest absolute Gasteiger partial charge is 0.139 e. The SMILES string of the molecule is CSc1ccc2sc(CBr)cc2c1I. The van der Waals surface area contributed by atoms with E-state index in [1.807, 2.05) is 23.1 Å². The molecule has 0 fully saturated rings. The Labute approximate surface area is 114 Å². The number of halogens is 2. The first-order chi connectivity index (χ1) is 6.76. The average molecular weight is 399 g/mol. The fourth-order valence-electron chi connectivity index (χ4n) is 1.33. The van der Waals surface area contributed by atoms with E-state index in [-0.39, 0.29) is 0 Å². The van der Waals surface area contributed by atoms with Crippen molar-refractivity contribution < 1.29 is 0 Å². The van der Waals surface area contributed by atoms with Gasteiger partial charge in [0.25, 0.3) is 0 Å². The normalized spacial score (nSPS) is 11.1. The first-order valence-electron chi connectivity index (χ1n) is 4.07. The Morgan fingerprint density at radius 1 is 1.50 bits per heavy atom. The Morgan fingerprint density at radius 3 is 2.93 bits per heavy atom. The second-order valence-corrected chi connectivity index (χ2v) is 6.50. The summed E-state index contributed by atoms with van der Waals surface area (Å²) in [5, 5.41) is 2.36. The van der Waals surface area contributed by atoms with Gasteiger partial charge in [-0.3, -0.25) is 0 Å².